The van der Waals surface area contributed by atoms with E-state index in [4.69, 9.17) is 10.00 Å². The average molecular weight is 478 g/mol. The summed E-state index contributed by atoms with van der Waals surface area (Å²) in [5.41, 5.74) is 0.894. The molecule has 3 heterocycles. The molecule has 0 N–H and O–H groups in total. The van der Waals surface area contributed by atoms with E-state index in [-0.39, 0.29) is 17.2 Å². The van der Waals surface area contributed by atoms with Crippen molar-refractivity contribution < 1.29 is 21.9 Å². The third-order valence-corrected chi connectivity index (χ3v) is 9.69. The minimum atomic E-state index is -3.70. The second-order valence-electron chi connectivity index (χ2n) is 8.27. The Balaban J connectivity index is 1.30. The summed E-state index contributed by atoms with van der Waals surface area (Å²) in [7, 11) is -3.70. The Morgan fingerprint density at radius 2 is 1.81 bits per heavy atom. The first kappa shape index (κ1) is 21.8. The lowest BCUT2D eigenvalue weighted by molar-refractivity contribution is -0.0628. The molecule has 2 atom stereocenters. The number of ether oxygens (including phenoxy) is 1. The Kier molecular flexibility index (Phi) is 5.50. The number of piperidine rings is 1. The molecule has 0 unspecified atom stereocenters. The summed E-state index contributed by atoms with van der Waals surface area (Å²) in [4.78, 5) is -0.434. The van der Waals surface area contributed by atoms with Gasteiger partial charge in [-0.05, 0) is 60.7 Å². The van der Waals surface area contributed by atoms with Gasteiger partial charge in [-0.2, -0.15) is 9.57 Å². The summed E-state index contributed by atoms with van der Waals surface area (Å²) < 4.78 is 63.4. The second kappa shape index (κ2) is 8.08. The Bertz CT molecular complexity index is 1170. The third-order valence-electron chi connectivity index (χ3n) is 6.26. The van der Waals surface area contributed by atoms with Crippen LogP contribution in [-0.4, -0.2) is 41.3 Å². The lowest BCUT2D eigenvalue weighted by Crippen LogP contribution is -2.45. The minimum Gasteiger partial charge on any atom is -0.344 e. The lowest BCUT2D eigenvalue weighted by Gasteiger charge is -2.37. The average Bonchev–Trinajstić information content (AvgIpc) is 3.30. The van der Waals surface area contributed by atoms with Crippen LogP contribution >= 0.6 is 11.9 Å². The largest absolute Gasteiger partial charge is 0.344 e. The standard InChI is InChI=1S/C22H21F2N3O3S2/c23-17-11-16(12-18(24)13-17)20-4-5-21-27(20)31-22(30-21)6-8-26(9-7-22)32(28,29)19-3-1-2-15(10-19)14-25/h1-3,10-13,20-21H,4-9H2/t20-,21+/m0/s1. The van der Waals surface area contributed by atoms with Crippen molar-refractivity contribution in [3.05, 3.63) is 65.2 Å². The van der Waals surface area contributed by atoms with Gasteiger partial charge < -0.3 is 4.74 Å². The number of halogens is 2. The molecule has 2 aromatic carbocycles. The monoisotopic (exact) mass is 477 g/mol. The van der Waals surface area contributed by atoms with E-state index in [1.54, 1.807) is 12.1 Å². The highest BCUT2D eigenvalue weighted by Crippen LogP contribution is 2.56. The first-order valence-electron chi connectivity index (χ1n) is 10.4. The van der Waals surface area contributed by atoms with Gasteiger partial charge in [-0.25, -0.2) is 21.5 Å². The van der Waals surface area contributed by atoms with E-state index in [1.165, 1.54) is 40.5 Å². The SMILES string of the molecule is N#Cc1cccc(S(=O)(=O)N2CCC3(CC2)O[C@@H]2CC[C@@H](c4cc(F)cc(F)c4)N2S3)c1. The highest BCUT2D eigenvalue weighted by Gasteiger charge is 2.53. The fraction of sp³-hybridized carbons (Fsp3) is 0.409. The molecular formula is C22H21F2N3O3S2. The Morgan fingerprint density at radius 1 is 1.09 bits per heavy atom. The molecule has 168 valence electrons. The van der Waals surface area contributed by atoms with Crippen molar-refractivity contribution >= 4 is 22.0 Å². The Labute approximate surface area is 189 Å². The Hall–Kier alpha value is -2.03. The first-order valence-corrected chi connectivity index (χ1v) is 12.6. The molecule has 0 radical (unpaired) electrons. The molecule has 0 bridgehead atoms. The predicted octanol–water partition coefficient (Wildman–Crippen LogP) is 4.16. The van der Waals surface area contributed by atoms with E-state index < -0.39 is 26.6 Å². The maximum absolute atomic E-state index is 13.7. The zero-order valence-electron chi connectivity index (χ0n) is 17.1. The van der Waals surface area contributed by atoms with Crippen molar-refractivity contribution in [3.63, 3.8) is 0 Å². The van der Waals surface area contributed by atoms with Crippen LogP contribution in [0.1, 0.15) is 42.9 Å². The van der Waals surface area contributed by atoms with Gasteiger partial charge in [0.25, 0.3) is 0 Å². The molecule has 1 spiro atoms. The molecule has 5 rings (SSSR count). The van der Waals surface area contributed by atoms with Crippen LogP contribution in [0.5, 0.6) is 0 Å². The summed E-state index contributed by atoms with van der Waals surface area (Å²) in [6.07, 6.45) is 2.34. The molecule has 3 saturated heterocycles. The number of hydrogen-bond acceptors (Lipinski definition) is 6. The van der Waals surface area contributed by atoms with Crippen LogP contribution in [0.15, 0.2) is 47.4 Å². The normalized spacial score (nSPS) is 25.7. The highest BCUT2D eigenvalue weighted by molar-refractivity contribution is 7.98. The fourth-order valence-corrected chi connectivity index (χ4v) is 7.69. The zero-order valence-corrected chi connectivity index (χ0v) is 18.7. The van der Waals surface area contributed by atoms with Crippen LogP contribution in [0.2, 0.25) is 0 Å². The van der Waals surface area contributed by atoms with Crippen molar-refractivity contribution in [2.45, 2.75) is 47.8 Å². The van der Waals surface area contributed by atoms with Crippen molar-refractivity contribution in [1.29, 1.82) is 5.26 Å². The third kappa shape index (κ3) is 3.82. The van der Waals surface area contributed by atoms with E-state index >= 15 is 0 Å². The van der Waals surface area contributed by atoms with Crippen molar-refractivity contribution in [2.75, 3.05) is 13.1 Å². The highest BCUT2D eigenvalue weighted by atomic mass is 32.2. The van der Waals surface area contributed by atoms with E-state index in [0.29, 0.717) is 37.1 Å². The number of fused-ring (bicyclic) bond motifs is 1. The van der Waals surface area contributed by atoms with Gasteiger partial charge in [0.05, 0.1) is 16.5 Å². The molecule has 2 aromatic rings. The summed E-state index contributed by atoms with van der Waals surface area (Å²) in [5.74, 6) is -1.19. The van der Waals surface area contributed by atoms with Crippen LogP contribution in [0.25, 0.3) is 0 Å². The van der Waals surface area contributed by atoms with Gasteiger partial charge in [0.1, 0.15) is 22.8 Å². The van der Waals surface area contributed by atoms with E-state index in [9.17, 15) is 17.2 Å². The van der Waals surface area contributed by atoms with Gasteiger partial charge in [-0.15, -0.1) is 0 Å². The fourth-order valence-electron chi connectivity index (χ4n) is 4.68. The quantitative estimate of drug-likeness (QED) is 0.618. The van der Waals surface area contributed by atoms with Gasteiger partial charge in [0, 0.05) is 38.0 Å². The van der Waals surface area contributed by atoms with Crippen molar-refractivity contribution in [2.24, 2.45) is 0 Å². The molecule has 3 aliphatic rings. The first-order chi connectivity index (χ1) is 15.3. The molecule has 3 fully saturated rings. The summed E-state index contributed by atoms with van der Waals surface area (Å²) in [6, 6.07) is 11.5. The topological polar surface area (TPSA) is 73.6 Å². The van der Waals surface area contributed by atoms with Crippen LogP contribution < -0.4 is 0 Å². The van der Waals surface area contributed by atoms with E-state index in [2.05, 4.69) is 4.31 Å². The van der Waals surface area contributed by atoms with Crippen LogP contribution in [0.4, 0.5) is 8.78 Å². The summed E-state index contributed by atoms with van der Waals surface area (Å²) in [6.45, 7) is 0.595. The number of rotatable bonds is 3. The molecule has 0 saturated carbocycles. The van der Waals surface area contributed by atoms with Gasteiger partial charge >= 0.3 is 0 Å². The second-order valence-corrected chi connectivity index (χ2v) is 11.6. The van der Waals surface area contributed by atoms with Crippen LogP contribution in [-0.2, 0) is 14.8 Å². The van der Waals surface area contributed by atoms with Gasteiger partial charge in [-0.3, -0.25) is 0 Å². The molecule has 32 heavy (non-hydrogen) atoms. The molecule has 10 heteroatoms. The number of hydrogen-bond donors (Lipinski definition) is 0. The predicted molar refractivity (Wildman–Crippen MR) is 115 cm³/mol. The number of benzene rings is 2. The van der Waals surface area contributed by atoms with E-state index in [0.717, 1.165) is 18.9 Å². The van der Waals surface area contributed by atoms with Crippen molar-refractivity contribution in [1.82, 2.24) is 8.61 Å². The zero-order chi connectivity index (χ0) is 22.5. The molecule has 0 aromatic heterocycles. The lowest BCUT2D eigenvalue weighted by atomic mass is 10.1. The molecular weight excluding hydrogens is 456 g/mol. The maximum atomic E-state index is 13.7. The molecule has 3 aliphatic heterocycles. The summed E-state index contributed by atoms with van der Waals surface area (Å²) >= 11 is 1.54. The smallest absolute Gasteiger partial charge is 0.243 e. The van der Waals surface area contributed by atoms with Crippen molar-refractivity contribution in [3.8, 4) is 6.07 Å². The van der Waals surface area contributed by atoms with Gasteiger partial charge in [0.2, 0.25) is 10.0 Å². The van der Waals surface area contributed by atoms with Gasteiger partial charge in [0.15, 0.2) is 0 Å². The minimum absolute atomic E-state index is 0.112. The molecule has 6 nitrogen and oxygen atoms in total. The summed E-state index contributed by atoms with van der Waals surface area (Å²) in [5, 5.41) is 9.07. The molecule has 0 aliphatic carbocycles. The number of sulfonamides is 1. The van der Waals surface area contributed by atoms with E-state index in [1.807, 2.05) is 6.07 Å². The van der Waals surface area contributed by atoms with Gasteiger partial charge in [-0.1, -0.05) is 6.07 Å². The number of nitrogens with zero attached hydrogens (tertiary/aromatic N) is 3. The molecule has 0 amide bonds. The number of nitriles is 1. The van der Waals surface area contributed by atoms with Crippen LogP contribution in [0.3, 0.4) is 0 Å². The maximum Gasteiger partial charge on any atom is 0.243 e. The van der Waals surface area contributed by atoms with Crippen LogP contribution in [0, 0.1) is 23.0 Å². The Morgan fingerprint density at radius 3 is 2.50 bits per heavy atom.